The first kappa shape index (κ1) is 11.2. The van der Waals surface area contributed by atoms with Crippen molar-refractivity contribution in [3.8, 4) is 0 Å². The molecule has 1 aromatic carbocycles. The molecule has 0 aliphatic heterocycles. The number of anilines is 1. The van der Waals surface area contributed by atoms with Gasteiger partial charge in [0.05, 0.1) is 33.8 Å². The zero-order valence-corrected chi connectivity index (χ0v) is 11.1. The van der Waals surface area contributed by atoms with Gasteiger partial charge in [0.1, 0.15) is 0 Å². The van der Waals surface area contributed by atoms with Gasteiger partial charge in [-0.05, 0) is 32.0 Å². The summed E-state index contributed by atoms with van der Waals surface area (Å²) in [5.41, 5.74) is 4.33. The summed E-state index contributed by atoms with van der Waals surface area (Å²) in [6.07, 6.45) is 1.72. The maximum Gasteiger partial charge on any atom is 0.0925 e. The zero-order valence-electron chi connectivity index (χ0n) is 10.3. The number of fused-ring (bicyclic) bond motifs is 1. The Bertz CT molecular complexity index is 683. The summed E-state index contributed by atoms with van der Waals surface area (Å²) in [4.78, 5) is 11.8. The summed E-state index contributed by atoms with van der Waals surface area (Å²) in [5.74, 6) is 0. The predicted molar refractivity (Wildman–Crippen MR) is 75.0 cm³/mol. The third-order valence-electron chi connectivity index (χ3n) is 2.89. The molecule has 2 heterocycles. The first-order chi connectivity index (χ1) is 8.72. The third kappa shape index (κ3) is 2.09. The number of nitrogens with one attached hydrogen (secondary N) is 2. The second-order valence-corrected chi connectivity index (χ2v) is 5.48. The molecular formula is C13H14N4S. The van der Waals surface area contributed by atoms with Crippen molar-refractivity contribution in [2.45, 2.75) is 20.4 Å². The van der Waals surface area contributed by atoms with Crippen molar-refractivity contribution in [1.82, 2.24) is 15.0 Å². The molecule has 0 amide bonds. The monoisotopic (exact) mass is 258 g/mol. The highest BCUT2D eigenvalue weighted by Crippen LogP contribution is 2.24. The molecule has 0 saturated carbocycles. The van der Waals surface area contributed by atoms with E-state index in [1.807, 2.05) is 13.8 Å². The SMILES string of the molecule is Cc1nc2ccc(NCc3nc[nH]c3C)cc2s1. The fourth-order valence-corrected chi connectivity index (χ4v) is 2.77. The lowest BCUT2D eigenvalue weighted by Crippen LogP contribution is -2.00. The molecule has 0 unspecified atom stereocenters. The lowest BCUT2D eigenvalue weighted by Gasteiger charge is -2.04. The number of rotatable bonds is 3. The number of hydrogen-bond acceptors (Lipinski definition) is 4. The molecule has 0 radical (unpaired) electrons. The Labute approximate surface area is 109 Å². The highest BCUT2D eigenvalue weighted by atomic mass is 32.1. The predicted octanol–water partition coefficient (Wildman–Crippen LogP) is 3.25. The Kier molecular flexibility index (Phi) is 2.76. The molecule has 0 bridgehead atoms. The van der Waals surface area contributed by atoms with Crippen LogP contribution < -0.4 is 5.32 Å². The summed E-state index contributed by atoms with van der Waals surface area (Å²) in [5, 5.41) is 4.49. The third-order valence-corrected chi connectivity index (χ3v) is 3.82. The van der Waals surface area contributed by atoms with Crippen LogP contribution in [0.25, 0.3) is 10.2 Å². The molecular weight excluding hydrogens is 244 g/mol. The van der Waals surface area contributed by atoms with E-state index in [2.05, 4.69) is 38.5 Å². The van der Waals surface area contributed by atoms with Crippen LogP contribution in [0.5, 0.6) is 0 Å². The Morgan fingerprint density at radius 1 is 1.33 bits per heavy atom. The van der Waals surface area contributed by atoms with Crippen LogP contribution in [0.2, 0.25) is 0 Å². The average Bonchev–Trinajstić information content (AvgIpc) is 2.90. The van der Waals surface area contributed by atoms with E-state index in [-0.39, 0.29) is 0 Å². The molecule has 0 aliphatic rings. The fourth-order valence-electron chi connectivity index (χ4n) is 1.90. The number of H-pyrrole nitrogens is 1. The quantitative estimate of drug-likeness (QED) is 0.758. The standard InChI is InChI=1S/C13H14N4S/c1-8-12(16-7-15-8)6-14-10-3-4-11-13(5-10)18-9(2)17-11/h3-5,7,14H,6H2,1-2H3,(H,15,16). The van der Waals surface area contributed by atoms with Crippen LogP contribution >= 0.6 is 11.3 Å². The number of aromatic nitrogens is 3. The molecule has 2 N–H and O–H groups in total. The molecule has 5 heteroatoms. The van der Waals surface area contributed by atoms with Gasteiger partial charge in [-0.25, -0.2) is 9.97 Å². The van der Waals surface area contributed by atoms with E-state index in [0.29, 0.717) is 0 Å². The van der Waals surface area contributed by atoms with Gasteiger partial charge in [-0.1, -0.05) is 0 Å². The minimum Gasteiger partial charge on any atom is -0.379 e. The number of aromatic amines is 1. The van der Waals surface area contributed by atoms with Gasteiger partial charge in [-0.2, -0.15) is 0 Å². The van der Waals surface area contributed by atoms with Crippen LogP contribution in [0.3, 0.4) is 0 Å². The minimum absolute atomic E-state index is 0.735. The van der Waals surface area contributed by atoms with Crippen LogP contribution in [0, 0.1) is 13.8 Å². The Hall–Kier alpha value is -1.88. The van der Waals surface area contributed by atoms with Crippen molar-refractivity contribution < 1.29 is 0 Å². The maximum absolute atomic E-state index is 4.45. The van der Waals surface area contributed by atoms with Crippen molar-refractivity contribution in [1.29, 1.82) is 0 Å². The van der Waals surface area contributed by atoms with Crippen LogP contribution in [0.1, 0.15) is 16.4 Å². The summed E-state index contributed by atoms with van der Waals surface area (Å²) in [7, 11) is 0. The van der Waals surface area contributed by atoms with Gasteiger partial charge in [-0.3, -0.25) is 0 Å². The van der Waals surface area contributed by atoms with E-state index in [4.69, 9.17) is 0 Å². The molecule has 18 heavy (non-hydrogen) atoms. The molecule has 2 aromatic heterocycles. The van der Waals surface area contributed by atoms with Gasteiger partial charge in [0.2, 0.25) is 0 Å². The number of imidazole rings is 1. The minimum atomic E-state index is 0.735. The Balaban J connectivity index is 1.80. The second-order valence-electron chi connectivity index (χ2n) is 4.24. The van der Waals surface area contributed by atoms with Crippen LogP contribution in [0.15, 0.2) is 24.5 Å². The van der Waals surface area contributed by atoms with Crippen molar-refractivity contribution in [2.24, 2.45) is 0 Å². The van der Waals surface area contributed by atoms with Crippen molar-refractivity contribution in [3.05, 3.63) is 40.9 Å². The average molecular weight is 258 g/mol. The van der Waals surface area contributed by atoms with Gasteiger partial charge in [0.15, 0.2) is 0 Å². The maximum atomic E-state index is 4.45. The molecule has 4 nitrogen and oxygen atoms in total. The lowest BCUT2D eigenvalue weighted by atomic mass is 10.3. The van der Waals surface area contributed by atoms with Gasteiger partial charge in [0, 0.05) is 11.4 Å². The van der Waals surface area contributed by atoms with Gasteiger partial charge in [0.25, 0.3) is 0 Å². The normalized spacial score (nSPS) is 11.0. The summed E-state index contributed by atoms with van der Waals surface area (Å²) >= 11 is 1.72. The summed E-state index contributed by atoms with van der Waals surface area (Å²) < 4.78 is 1.22. The molecule has 3 aromatic rings. The molecule has 0 spiro atoms. The molecule has 3 rings (SSSR count). The highest BCUT2D eigenvalue weighted by molar-refractivity contribution is 7.18. The van der Waals surface area contributed by atoms with E-state index >= 15 is 0 Å². The second kappa shape index (κ2) is 4.42. The molecule has 92 valence electrons. The first-order valence-corrected chi connectivity index (χ1v) is 6.64. The Morgan fingerprint density at radius 2 is 2.22 bits per heavy atom. The van der Waals surface area contributed by atoms with Crippen LogP contribution in [-0.2, 0) is 6.54 Å². The first-order valence-electron chi connectivity index (χ1n) is 5.82. The number of aryl methyl sites for hydroxylation is 2. The zero-order chi connectivity index (χ0) is 12.5. The smallest absolute Gasteiger partial charge is 0.0925 e. The van der Waals surface area contributed by atoms with E-state index in [0.717, 1.165) is 34.1 Å². The largest absolute Gasteiger partial charge is 0.379 e. The summed E-state index contributed by atoms with van der Waals surface area (Å²) in [6.45, 7) is 4.79. The van der Waals surface area contributed by atoms with Gasteiger partial charge < -0.3 is 10.3 Å². The summed E-state index contributed by atoms with van der Waals surface area (Å²) in [6, 6.07) is 6.25. The van der Waals surface area contributed by atoms with Gasteiger partial charge >= 0.3 is 0 Å². The molecule has 0 atom stereocenters. The number of benzene rings is 1. The lowest BCUT2D eigenvalue weighted by molar-refractivity contribution is 1.05. The number of nitrogens with zero attached hydrogens (tertiary/aromatic N) is 2. The van der Waals surface area contributed by atoms with E-state index in [9.17, 15) is 0 Å². The molecule has 0 aliphatic carbocycles. The van der Waals surface area contributed by atoms with E-state index in [1.54, 1.807) is 17.7 Å². The molecule has 0 saturated heterocycles. The molecule has 0 fully saturated rings. The van der Waals surface area contributed by atoms with Gasteiger partial charge in [-0.15, -0.1) is 11.3 Å². The highest BCUT2D eigenvalue weighted by Gasteiger charge is 2.03. The van der Waals surface area contributed by atoms with Crippen molar-refractivity contribution in [2.75, 3.05) is 5.32 Å². The topological polar surface area (TPSA) is 53.6 Å². The van der Waals surface area contributed by atoms with E-state index in [1.165, 1.54) is 4.70 Å². The number of hydrogen-bond donors (Lipinski definition) is 2. The van der Waals surface area contributed by atoms with Crippen molar-refractivity contribution in [3.63, 3.8) is 0 Å². The van der Waals surface area contributed by atoms with E-state index < -0.39 is 0 Å². The van der Waals surface area contributed by atoms with Crippen LogP contribution in [-0.4, -0.2) is 15.0 Å². The Morgan fingerprint density at radius 3 is 3.00 bits per heavy atom. The fraction of sp³-hybridized carbons (Fsp3) is 0.231. The van der Waals surface area contributed by atoms with Crippen LogP contribution in [0.4, 0.5) is 5.69 Å². The number of thiazole rings is 1. The van der Waals surface area contributed by atoms with Crippen molar-refractivity contribution >= 4 is 27.2 Å².